The van der Waals surface area contributed by atoms with Crippen LogP contribution in [-0.4, -0.2) is 21.7 Å². The molecular formula is C39H34Cl2F6N6O4+2. The van der Waals surface area contributed by atoms with Gasteiger partial charge in [-0.2, -0.15) is 36.5 Å². The third-order valence-electron chi connectivity index (χ3n) is 8.55. The molecule has 0 saturated heterocycles. The van der Waals surface area contributed by atoms with Crippen LogP contribution >= 0.6 is 23.2 Å². The van der Waals surface area contributed by atoms with Crippen LogP contribution in [0.1, 0.15) is 33.4 Å². The van der Waals surface area contributed by atoms with Gasteiger partial charge < -0.3 is 9.84 Å². The molecule has 0 unspecified atom stereocenters. The highest BCUT2D eigenvalue weighted by Crippen LogP contribution is 2.39. The molecule has 298 valence electrons. The molecule has 0 bridgehead atoms. The molecule has 10 nitrogen and oxygen atoms in total. The Balaban J connectivity index is 0.000000218. The Hall–Kier alpha value is -6.00. The fraction of sp³-hybridized carbons (Fsp3) is 0.179. The van der Waals surface area contributed by atoms with Gasteiger partial charge in [-0.15, -0.1) is 10.1 Å². The van der Waals surface area contributed by atoms with Crippen molar-refractivity contribution < 1.29 is 45.7 Å². The van der Waals surface area contributed by atoms with Crippen molar-refractivity contribution in [3.05, 3.63) is 174 Å². The van der Waals surface area contributed by atoms with E-state index < -0.39 is 50.1 Å². The Bertz CT molecular complexity index is 2520. The minimum Gasteiger partial charge on any atom is -0.503 e. The van der Waals surface area contributed by atoms with Gasteiger partial charge in [-0.3, -0.25) is 9.59 Å². The summed E-state index contributed by atoms with van der Waals surface area (Å²) in [6.45, 7) is 4.42. The summed E-state index contributed by atoms with van der Waals surface area (Å²) in [4.78, 5) is 26.6. The first kappa shape index (κ1) is 42.1. The number of rotatable bonds is 9. The lowest BCUT2D eigenvalue weighted by atomic mass is 10.1. The second kappa shape index (κ2) is 17.4. The highest BCUT2D eigenvalue weighted by Gasteiger charge is 2.36. The van der Waals surface area contributed by atoms with Crippen molar-refractivity contribution in [2.75, 3.05) is 18.0 Å². The number of nitrogens with one attached hydrogen (secondary N) is 2. The first-order chi connectivity index (χ1) is 26.9. The van der Waals surface area contributed by atoms with Gasteiger partial charge in [-0.05, 0) is 60.4 Å². The van der Waals surface area contributed by atoms with Crippen molar-refractivity contribution >= 4 is 34.6 Å². The number of hydrogen-bond acceptors (Lipinski definition) is 6. The van der Waals surface area contributed by atoms with Crippen LogP contribution in [0.2, 0.25) is 10.0 Å². The zero-order valence-electron chi connectivity index (χ0n) is 30.3. The van der Waals surface area contributed by atoms with Crippen molar-refractivity contribution in [3.63, 3.8) is 0 Å². The molecule has 0 radical (unpaired) electrons. The molecule has 6 aromatic rings. The summed E-state index contributed by atoms with van der Waals surface area (Å²) in [7, 11) is 1.37. The van der Waals surface area contributed by atoms with Crippen LogP contribution in [0.3, 0.4) is 0 Å². The lowest BCUT2D eigenvalue weighted by Gasteiger charge is -2.14. The van der Waals surface area contributed by atoms with Gasteiger partial charge in [0.1, 0.15) is 36.2 Å². The van der Waals surface area contributed by atoms with Crippen LogP contribution in [0.4, 0.5) is 37.7 Å². The van der Waals surface area contributed by atoms with E-state index in [0.717, 1.165) is 46.8 Å². The van der Waals surface area contributed by atoms with Gasteiger partial charge in [0.15, 0.2) is 23.4 Å². The SMILES string of the molecule is COc1cn(Cc2ccccc2C)[n+](Nc2cccc(C(F)(F)F)c2Cl)cc1=O.Cc1ccccc1C[n+]1cc(=O)c(O)cn1Nc1cccc(C(F)(F)F)c1Cl. The van der Waals surface area contributed by atoms with Gasteiger partial charge in [0.05, 0.1) is 23.3 Å². The van der Waals surface area contributed by atoms with Crippen LogP contribution in [-0.2, 0) is 25.4 Å². The number of methoxy groups -OCH3 is 1. The Morgan fingerprint density at radius 1 is 0.719 bits per heavy atom. The maximum absolute atomic E-state index is 13.2. The quantitative estimate of drug-likeness (QED) is 0.102. The van der Waals surface area contributed by atoms with Crippen LogP contribution in [0.15, 0.2) is 119 Å². The van der Waals surface area contributed by atoms with Crippen molar-refractivity contribution in [3.8, 4) is 11.5 Å². The maximum Gasteiger partial charge on any atom is 0.418 e. The summed E-state index contributed by atoms with van der Waals surface area (Å²) in [6, 6.07) is 22.1. The van der Waals surface area contributed by atoms with Crippen LogP contribution in [0.25, 0.3) is 0 Å². The van der Waals surface area contributed by atoms with E-state index in [2.05, 4.69) is 10.9 Å². The first-order valence-corrected chi connectivity index (χ1v) is 17.5. The maximum atomic E-state index is 13.2. The average Bonchev–Trinajstić information content (AvgIpc) is 3.14. The smallest absolute Gasteiger partial charge is 0.418 e. The molecule has 2 aromatic heterocycles. The molecule has 0 saturated carbocycles. The fourth-order valence-electron chi connectivity index (χ4n) is 5.46. The largest absolute Gasteiger partial charge is 0.503 e. The molecule has 0 amide bonds. The van der Waals surface area contributed by atoms with E-state index in [4.69, 9.17) is 27.9 Å². The van der Waals surface area contributed by atoms with Crippen molar-refractivity contribution in [1.82, 2.24) is 9.47 Å². The highest BCUT2D eigenvalue weighted by atomic mass is 35.5. The Morgan fingerprint density at radius 2 is 1.26 bits per heavy atom. The second-order valence-corrected chi connectivity index (χ2v) is 13.2. The summed E-state index contributed by atoms with van der Waals surface area (Å²) < 4.78 is 86.9. The van der Waals surface area contributed by atoms with E-state index in [0.29, 0.717) is 6.54 Å². The molecule has 2 heterocycles. The number of aromatic hydroxyl groups is 1. The number of halogens is 8. The van der Waals surface area contributed by atoms with E-state index in [-0.39, 0.29) is 23.7 Å². The molecule has 57 heavy (non-hydrogen) atoms. The van der Waals surface area contributed by atoms with Gasteiger partial charge in [0.2, 0.25) is 0 Å². The number of benzene rings is 4. The average molecular weight is 836 g/mol. The molecule has 0 aliphatic rings. The molecule has 0 aliphatic heterocycles. The van der Waals surface area contributed by atoms with Gasteiger partial charge >= 0.3 is 12.4 Å². The highest BCUT2D eigenvalue weighted by molar-refractivity contribution is 6.34. The topological polar surface area (TPSA) is 105 Å². The summed E-state index contributed by atoms with van der Waals surface area (Å²) in [6.07, 6.45) is -4.32. The normalized spacial score (nSPS) is 11.4. The lowest BCUT2D eigenvalue weighted by Crippen LogP contribution is -2.54. The molecule has 0 spiro atoms. The van der Waals surface area contributed by atoms with E-state index in [1.54, 1.807) is 4.68 Å². The van der Waals surface area contributed by atoms with Crippen LogP contribution in [0, 0.1) is 13.8 Å². The summed E-state index contributed by atoms with van der Waals surface area (Å²) in [5, 5.41) is 8.77. The molecule has 0 fully saturated rings. The molecule has 3 N–H and O–H groups in total. The fourth-order valence-corrected chi connectivity index (χ4v) is 6.01. The van der Waals surface area contributed by atoms with E-state index in [9.17, 15) is 41.0 Å². The minimum atomic E-state index is -4.61. The lowest BCUT2D eigenvalue weighted by molar-refractivity contribution is -0.768. The third-order valence-corrected chi connectivity index (χ3v) is 9.37. The standard InChI is InChI=1S/C20H17ClF3N3O2.C19H15ClF3N3O2/c1-13-6-3-4-7-14(13)10-26-12-18(29-2)17(28)11-27(26)25-16-9-5-8-15(19(16)21)20(22,23)24;1-12-5-2-3-6-13(12)9-25-10-16(27)17(28)11-26(25)24-15-8-4-7-14(18(15)20)19(21,22)23/h3-9,11-12H,10H2,1-2H3;2-8,10-11,24H,9H2,1H3/p+2. The molecule has 4 aromatic carbocycles. The summed E-state index contributed by atoms with van der Waals surface area (Å²) in [5.41, 5.74) is 6.29. The molecule has 0 atom stereocenters. The van der Waals surface area contributed by atoms with Gasteiger partial charge in [0.25, 0.3) is 17.1 Å². The predicted octanol–water partition coefficient (Wildman–Crippen LogP) is 7.79. The van der Waals surface area contributed by atoms with E-state index >= 15 is 0 Å². The summed E-state index contributed by atoms with van der Waals surface area (Å²) in [5.74, 6) is -0.455. The van der Waals surface area contributed by atoms with Gasteiger partial charge in [0, 0.05) is 4.79 Å². The van der Waals surface area contributed by atoms with Gasteiger partial charge in [-0.25, -0.2) is 0 Å². The van der Waals surface area contributed by atoms with Crippen LogP contribution in [0.5, 0.6) is 11.5 Å². The molecule has 0 aliphatic carbocycles. The van der Waals surface area contributed by atoms with Crippen molar-refractivity contribution in [2.45, 2.75) is 39.3 Å². The number of aryl methyl sites for hydroxylation is 2. The van der Waals surface area contributed by atoms with Crippen LogP contribution < -0.4 is 35.9 Å². The van der Waals surface area contributed by atoms with Gasteiger partial charge in [-0.1, -0.05) is 88.7 Å². The second-order valence-electron chi connectivity index (χ2n) is 12.5. The number of nitrogens with zero attached hydrogens (tertiary/aromatic N) is 4. The zero-order chi connectivity index (χ0) is 41.7. The van der Waals surface area contributed by atoms with E-state index in [1.165, 1.54) is 58.0 Å². The Morgan fingerprint density at radius 3 is 1.82 bits per heavy atom. The minimum absolute atomic E-state index is 0.00888. The number of ether oxygens (including phenoxy) is 1. The van der Waals surface area contributed by atoms with Crippen molar-refractivity contribution in [2.24, 2.45) is 0 Å². The Kier molecular flexibility index (Phi) is 12.9. The predicted molar refractivity (Wildman–Crippen MR) is 202 cm³/mol. The molecule has 18 heteroatoms. The molecular weight excluding hydrogens is 801 g/mol. The van der Waals surface area contributed by atoms with E-state index in [1.807, 2.05) is 62.4 Å². The van der Waals surface area contributed by atoms with Crippen molar-refractivity contribution in [1.29, 1.82) is 0 Å². The monoisotopic (exact) mass is 834 g/mol. The zero-order valence-corrected chi connectivity index (χ0v) is 31.8. The summed E-state index contributed by atoms with van der Waals surface area (Å²) >= 11 is 11.9. The Labute approximate surface area is 331 Å². The number of hydrogen-bond donors (Lipinski definition) is 3. The molecule has 6 rings (SSSR count). The number of anilines is 2. The number of alkyl halides is 6. The first-order valence-electron chi connectivity index (χ1n) is 16.8. The number of aromatic nitrogens is 4. The third kappa shape index (κ3) is 10.3.